The van der Waals surface area contributed by atoms with E-state index in [-0.39, 0.29) is 17.8 Å². The Balaban J connectivity index is 1.39. The van der Waals surface area contributed by atoms with E-state index < -0.39 is 46.7 Å². The Hall–Kier alpha value is -4.42. The van der Waals surface area contributed by atoms with E-state index in [2.05, 4.69) is 21.0 Å². The molecule has 0 spiro atoms. The lowest BCUT2D eigenvalue weighted by atomic mass is 9.76. The standard InChI is InChI=1S/C32H28F6N4O4/c33-31(34,35)26-15-25(9-8-23(26)18-39)41-28(43)29(44,24-10-12-40-13-11-24)16-19-2-1-3-22(14-19)20-4-6-21(7-5-20)27-17-30(45,46-42-27)32(36,37)38/h1-9,14-15,17,24,40,42,44-45H,10-13,16H2,(H,41,43). The van der Waals surface area contributed by atoms with Gasteiger partial charge in [0.2, 0.25) is 0 Å². The number of halogens is 6. The predicted octanol–water partition coefficient (Wildman–Crippen LogP) is 5.28. The van der Waals surface area contributed by atoms with Crippen LogP contribution in [0, 0.1) is 17.2 Å². The summed E-state index contributed by atoms with van der Waals surface area (Å²) in [5.74, 6) is -4.87. The fourth-order valence-electron chi connectivity index (χ4n) is 5.59. The minimum absolute atomic E-state index is 0.0807. The van der Waals surface area contributed by atoms with Gasteiger partial charge in [-0.2, -0.15) is 31.6 Å². The molecule has 2 unspecified atom stereocenters. The van der Waals surface area contributed by atoms with E-state index in [1.807, 2.05) is 0 Å². The van der Waals surface area contributed by atoms with E-state index in [9.17, 15) is 41.4 Å². The van der Waals surface area contributed by atoms with Crippen molar-refractivity contribution in [3.8, 4) is 17.2 Å². The summed E-state index contributed by atoms with van der Waals surface area (Å²) in [4.78, 5) is 18.0. The van der Waals surface area contributed by atoms with Gasteiger partial charge in [0.15, 0.2) is 0 Å². The SMILES string of the molecule is N#Cc1ccc(NC(=O)C(O)(Cc2cccc(-c3ccc(C4=CC(O)(C(F)(F)F)ON4)cc3)c2)C2CCNCC2)cc1C(F)(F)F. The zero-order valence-electron chi connectivity index (χ0n) is 24.0. The molecule has 2 aliphatic heterocycles. The van der Waals surface area contributed by atoms with Crippen molar-refractivity contribution in [3.05, 3.63) is 95.1 Å². The predicted molar refractivity (Wildman–Crippen MR) is 154 cm³/mol. The van der Waals surface area contributed by atoms with Gasteiger partial charge in [0, 0.05) is 18.2 Å². The molecule has 14 heteroatoms. The monoisotopic (exact) mass is 646 g/mol. The first-order valence-corrected chi connectivity index (χ1v) is 14.1. The van der Waals surface area contributed by atoms with Crippen LogP contribution in [-0.2, 0) is 22.2 Å². The quantitative estimate of drug-likeness (QED) is 0.221. The number of nitrogens with zero attached hydrogens (tertiary/aromatic N) is 1. The highest BCUT2D eigenvalue weighted by molar-refractivity contribution is 5.98. The molecule has 2 aliphatic rings. The van der Waals surface area contributed by atoms with Gasteiger partial charge in [-0.3, -0.25) is 10.3 Å². The number of anilines is 1. The third-order valence-corrected chi connectivity index (χ3v) is 8.10. The molecular weight excluding hydrogens is 618 g/mol. The van der Waals surface area contributed by atoms with Crippen molar-refractivity contribution in [2.45, 2.75) is 43.0 Å². The lowest BCUT2D eigenvalue weighted by molar-refractivity contribution is -0.345. The molecule has 3 aromatic rings. The first kappa shape index (κ1) is 33.0. The summed E-state index contributed by atoms with van der Waals surface area (Å²) in [5.41, 5.74) is 0.160. The number of alkyl halides is 6. The summed E-state index contributed by atoms with van der Waals surface area (Å²) in [7, 11) is 0. The van der Waals surface area contributed by atoms with E-state index in [4.69, 9.17) is 5.26 Å². The maximum absolute atomic E-state index is 13.6. The first-order valence-electron chi connectivity index (χ1n) is 14.1. The normalized spacial score (nSPS) is 20.3. The number of nitriles is 1. The molecule has 242 valence electrons. The van der Waals surface area contributed by atoms with Crippen molar-refractivity contribution in [1.29, 1.82) is 5.26 Å². The number of nitrogens with one attached hydrogen (secondary N) is 3. The average molecular weight is 647 g/mol. The molecule has 1 fully saturated rings. The van der Waals surface area contributed by atoms with Gasteiger partial charge in [-0.15, -0.1) is 0 Å². The van der Waals surface area contributed by atoms with E-state index >= 15 is 0 Å². The molecular formula is C32H28F6N4O4. The van der Waals surface area contributed by atoms with Gasteiger partial charge in [-0.05, 0) is 72.3 Å². The minimum Gasteiger partial charge on any atom is -0.379 e. The van der Waals surface area contributed by atoms with E-state index in [1.54, 1.807) is 36.4 Å². The van der Waals surface area contributed by atoms with Crippen molar-refractivity contribution in [2.75, 3.05) is 18.4 Å². The van der Waals surface area contributed by atoms with Gasteiger partial charge in [0.25, 0.3) is 5.91 Å². The van der Waals surface area contributed by atoms with Crippen molar-refractivity contribution in [2.24, 2.45) is 5.92 Å². The van der Waals surface area contributed by atoms with Crippen LogP contribution in [0.5, 0.6) is 0 Å². The summed E-state index contributed by atoms with van der Waals surface area (Å²) in [6.45, 7) is 1.05. The molecule has 2 atom stereocenters. The lowest BCUT2D eigenvalue weighted by Gasteiger charge is -2.37. The topological polar surface area (TPSA) is 127 Å². The number of carbonyl (C=O) groups is 1. The molecule has 46 heavy (non-hydrogen) atoms. The third kappa shape index (κ3) is 6.73. The van der Waals surface area contributed by atoms with E-state index in [1.165, 1.54) is 24.3 Å². The summed E-state index contributed by atoms with van der Waals surface area (Å²) < 4.78 is 79.9. The van der Waals surface area contributed by atoms with Crippen molar-refractivity contribution in [3.63, 3.8) is 0 Å². The highest BCUT2D eigenvalue weighted by Gasteiger charge is 2.57. The largest absolute Gasteiger partial charge is 0.449 e. The average Bonchev–Trinajstić information content (AvgIpc) is 3.45. The van der Waals surface area contributed by atoms with Crippen LogP contribution in [0.25, 0.3) is 16.8 Å². The van der Waals surface area contributed by atoms with E-state index in [0.29, 0.717) is 60.3 Å². The smallest absolute Gasteiger partial charge is 0.379 e. The fraction of sp³-hybridized carbons (Fsp3) is 0.312. The van der Waals surface area contributed by atoms with Crippen LogP contribution in [0.1, 0.15) is 35.1 Å². The molecule has 0 saturated carbocycles. The summed E-state index contributed by atoms with van der Waals surface area (Å²) in [6.07, 6.45) is -8.66. The fourth-order valence-corrected chi connectivity index (χ4v) is 5.59. The minimum atomic E-state index is -5.05. The first-order chi connectivity index (χ1) is 21.6. The molecule has 0 aliphatic carbocycles. The number of hydrogen-bond donors (Lipinski definition) is 5. The molecule has 0 bridgehead atoms. The number of piperidine rings is 1. The molecule has 0 aromatic heterocycles. The Morgan fingerprint density at radius 1 is 0.978 bits per heavy atom. The highest BCUT2D eigenvalue weighted by Crippen LogP contribution is 2.39. The zero-order chi connectivity index (χ0) is 33.3. The second-order valence-electron chi connectivity index (χ2n) is 11.2. The Morgan fingerprint density at radius 3 is 2.26 bits per heavy atom. The second kappa shape index (κ2) is 12.4. The number of aliphatic hydroxyl groups is 2. The summed E-state index contributed by atoms with van der Waals surface area (Å²) in [5, 5.41) is 36.3. The number of carbonyl (C=O) groups excluding carboxylic acids is 1. The van der Waals surface area contributed by atoms with Gasteiger partial charge in [0.1, 0.15) is 5.60 Å². The van der Waals surface area contributed by atoms with Gasteiger partial charge in [-0.1, -0.05) is 48.5 Å². The van der Waals surface area contributed by atoms with Gasteiger partial charge < -0.3 is 20.8 Å². The number of hydroxylamine groups is 1. The molecule has 3 aromatic carbocycles. The van der Waals surface area contributed by atoms with Crippen LogP contribution >= 0.6 is 0 Å². The van der Waals surface area contributed by atoms with E-state index in [0.717, 1.165) is 6.07 Å². The molecule has 5 rings (SSSR count). The van der Waals surface area contributed by atoms with Crippen molar-refractivity contribution in [1.82, 2.24) is 10.8 Å². The molecule has 5 N–H and O–H groups in total. The number of hydrogen-bond acceptors (Lipinski definition) is 7. The molecule has 1 saturated heterocycles. The Morgan fingerprint density at radius 2 is 1.65 bits per heavy atom. The van der Waals surface area contributed by atoms with Crippen LogP contribution in [0.15, 0.2) is 72.8 Å². The molecule has 8 nitrogen and oxygen atoms in total. The summed E-state index contributed by atoms with van der Waals surface area (Å²) >= 11 is 0. The van der Waals surface area contributed by atoms with Crippen LogP contribution in [0.3, 0.4) is 0 Å². The van der Waals surface area contributed by atoms with Crippen LogP contribution in [0.2, 0.25) is 0 Å². The second-order valence-corrected chi connectivity index (χ2v) is 11.2. The van der Waals surface area contributed by atoms with Gasteiger partial charge >= 0.3 is 18.1 Å². The number of benzene rings is 3. The van der Waals surface area contributed by atoms with Crippen LogP contribution < -0.4 is 16.1 Å². The zero-order valence-corrected chi connectivity index (χ0v) is 24.0. The summed E-state index contributed by atoms with van der Waals surface area (Å²) in [6, 6.07) is 17.5. The highest BCUT2D eigenvalue weighted by atomic mass is 19.4. The Labute approximate surface area is 259 Å². The number of amides is 1. The number of rotatable bonds is 7. The van der Waals surface area contributed by atoms with Crippen LogP contribution in [-0.4, -0.2) is 46.8 Å². The van der Waals surface area contributed by atoms with Gasteiger partial charge in [-0.25, -0.2) is 4.84 Å². The molecule has 0 radical (unpaired) electrons. The molecule has 1 amide bonds. The Kier molecular flexibility index (Phi) is 8.89. The maximum atomic E-state index is 13.6. The maximum Gasteiger partial charge on any atom is 0.449 e. The third-order valence-electron chi connectivity index (χ3n) is 8.10. The lowest BCUT2D eigenvalue weighted by Crippen LogP contribution is -2.53. The Bertz CT molecular complexity index is 1680. The van der Waals surface area contributed by atoms with Crippen molar-refractivity contribution < 1.29 is 46.2 Å². The van der Waals surface area contributed by atoms with Crippen LogP contribution in [0.4, 0.5) is 32.0 Å². The van der Waals surface area contributed by atoms with Gasteiger partial charge in [0.05, 0.1) is 22.9 Å². The molecule has 2 heterocycles. The van der Waals surface area contributed by atoms with Crippen molar-refractivity contribution >= 4 is 17.3 Å².